The molecule has 0 aliphatic heterocycles. The second-order valence-corrected chi connectivity index (χ2v) is 8.44. The average Bonchev–Trinajstić information content (AvgIpc) is 3.39. The predicted molar refractivity (Wildman–Crippen MR) is 120 cm³/mol. The van der Waals surface area contributed by atoms with Gasteiger partial charge in [-0.25, -0.2) is 9.97 Å². The van der Waals surface area contributed by atoms with Crippen molar-refractivity contribution in [1.29, 1.82) is 0 Å². The predicted octanol–water partition coefficient (Wildman–Crippen LogP) is 4.26. The maximum Gasteiger partial charge on any atom is 0.258 e. The second kappa shape index (κ2) is 7.89. The second-order valence-electron chi connectivity index (χ2n) is 7.49. The number of anilines is 2. The van der Waals surface area contributed by atoms with Crippen molar-refractivity contribution in [3.8, 4) is 0 Å². The summed E-state index contributed by atoms with van der Waals surface area (Å²) in [5, 5.41) is 5.53. The van der Waals surface area contributed by atoms with Gasteiger partial charge in [-0.05, 0) is 43.0 Å². The Kier molecular flexibility index (Phi) is 5.27. The number of benzene rings is 1. The molecule has 1 aromatic carbocycles. The number of rotatable bonds is 6. The summed E-state index contributed by atoms with van der Waals surface area (Å²) in [6.45, 7) is 4.70. The molecule has 0 spiro atoms. The summed E-state index contributed by atoms with van der Waals surface area (Å²) in [5.41, 5.74) is 8.54. The van der Waals surface area contributed by atoms with Gasteiger partial charge in [0.1, 0.15) is 17.8 Å². The minimum Gasteiger partial charge on any atom is -0.383 e. The summed E-state index contributed by atoms with van der Waals surface area (Å²) < 4.78 is 7.12. The largest absolute Gasteiger partial charge is 0.383 e. The summed E-state index contributed by atoms with van der Waals surface area (Å²) in [5.74, 6) is 0.0167. The number of hydrogen-bond donors (Lipinski definition) is 2. The molecule has 3 heterocycles. The lowest BCUT2D eigenvalue weighted by Gasteiger charge is -2.26. The average molecular weight is 422 g/mol. The lowest BCUT2D eigenvalue weighted by atomic mass is 10.0. The van der Waals surface area contributed by atoms with Gasteiger partial charge in [0.2, 0.25) is 0 Å². The summed E-state index contributed by atoms with van der Waals surface area (Å²) in [7, 11) is 1.65. The first kappa shape index (κ1) is 20.1. The Morgan fingerprint density at radius 3 is 2.67 bits per heavy atom. The monoisotopic (exact) mass is 421 g/mol. The van der Waals surface area contributed by atoms with Crippen LogP contribution in [0.4, 0.5) is 11.5 Å². The molecule has 3 N–H and O–H groups in total. The third kappa shape index (κ3) is 3.55. The van der Waals surface area contributed by atoms with Gasteiger partial charge in [-0.3, -0.25) is 4.79 Å². The van der Waals surface area contributed by atoms with E-state index < -0.39 is 5.54 Å². The van der Waals surface area contributed by atoms with Gasteiger partial charge in [-0.1, -0.05) is 18.2 Å². The maximum atomic E-state index is 13.2. The molecule has 0 fully saturated rings. The SMILES string of the molecule is COCc1ccc(NC(=O)c2cn(C(C)(C)c3cccs3)c3ncnc(N)c23)cc1. The summed E-state index contributed by atoms with van der Waals surface area (Å²) >= 11 is 1.66. The van der Waals surface area contributed by atoms with Gasteiger partial charge in [0.05, 0.1) is 23.1 Å². The Morgan fingerprint density at radius 2 is 2.00 bits per heavy atom. The molecule has 0 unspecified atom stereocenters. The van der Waals surface area contributed by atoms with E-state index in [9.17, 15) is 4.79 Å². The first-order valence-corrected chi connectivity index (χ1v) is 10.3. The zero-order valence-electron chi connectivity index (χ0n) is 17.0. The van der Waals surface area contributed by atoms with Gasteiger partial charge < -0.3 is 20.4 Å². The van der Waals surface area contributed by atoms with Gasteiger partial charge >= 0.3 is 0 Å². The van der Waals surface area contributed by atoms with E-state index in [1.807, 2.05) is 46.5 Å². The number of nitrogens with one attached hydrogen (secondary N) is 1. The van der Waals surface area contributed by atoms with E-state index in [2.05, 4.69) is 35.2 Å². The molecule has 0 saturated heterocycles. The molecule has 0 bridgehead atoms. The van der Waals surface area contributed by atoms with Crippen LogP contribution in [0, 0.1) is 0 Å². The van der Waals surface area contributed by atoms with Crippen molar-refractivity contribution in [2.24, 2.45) is 0 Å². The first-order valence-electron chi connectivity index (χ1n) is 9.47. The lowest BCUT2D eigenvalue weighted by molar-refractivity contribution is 0.102. The molecule has 4 rings (SSSR count). The molecule has 0 aliphatic rings. The molecule has 0 atom stereocenters. The molecular weight excluding hydrogens is 398 g/mol. The highest BCUT2D eigenvalue weighted by molar-refractivity contribution is 7.10. The van der Waals surface area contributed by atoms with Crippen molar-refractivity contribution in [1.82, 2.24) is 14.5 Å². The van der Waals surface area contributed by atoms with Crippen LogP contribution in [-0.4, -0.2) is 27.6 Å². The Hall–Kier alpha value is -3.23. The highest BCUT2D eigenvalue weighted by Crippen LogP contribution is 2.35. The van der Waals surface area contributed by atoms with Crippen molar-refractivity contribution in [3.63, 3.8) is 0 Å². The number of carbonyl (C=O) groups excluding carboxylic acids is 1. The minimum atomic E-state index is -0.409. The third-order valence-electron chi connectivity index (χ3n) is 5.11. The quantitative estimate of drug-likeness (QED) is 0.485. The number of nitrogens with two attached hydrogens (primary N) is 1. The Morgan fingerprint density at radius 1 is 1.23 bits per heavy atom. The van der Waals surface area contributed by atoms with Crippen LogP contribution in [0.2, 0.25) is 0 Å². The van der Waals surface area contributed by atoms with Crippen LogP contribution >= 0.6 is 11.3 Å². The topological polar surface area (TPSA) is 95.1 Å². The van der Waals surface area contributed by atoms with Crippen LogP contribution in [0.1, 0.15) is 34.6 Å². The smallest absolute Gasteiger partial charge is 0.258 e. The number of methoxy groups -OCH3 is 1. The number of fused-ring (bicyclic) bond motifs is 1. The summed E-state index contributed by atoms with van der Waals surface area (Å²) in [6.07, 6.45) is 3.24. The van der Waals surface area contributed by atoms with Crippen LogP contribution in [0.25, 0.3) is 11.0 Å². The van der Waals surface area contributed by atoms with Gasteiger partial charge in [0.15, 0.2) is 0 Å². The number of thiophene rings is 1. The van der Waals surface area contributed by atoms with Crippen molar-refractivity contribution >= 4 is 39.8 Å². The fourth-order valence-corrected chi connectivity index (χ4v) is 4.33. The van der Waals surface area contributed by atoms with Crippen LogP contribution in [0.5, 0.6) is 0 Å². The zero-order valence-corrected chi connectivity index (χ0v) is 17.9. The number of carbonyl (C=O) groups is 1. The molecule has 0 aliphatic carbocycles. The van der Waals surface area contributed by atoms with Crippen molar-refractivity contribution in [3.05, 3.63) is 70.3 Å². The van der Waals surface area contributed by atoms with Gasteiger partial charge in [0, 0.05) is 23.9 Å². The molecule has 154 valence electrons. The van der Waals surface area contributed by atoms with Crippen molar-refractivity contribution < 1.29 is 9.53 Å². The lowest BCUT2D eigenvalue weighted by Crippen LogP contribution is -2.26. The van der Waals surface area contributed by atoms with Gasteiger partial charge in [0.25, 0.3) is 5.91 Å². The van der Waals surface area contributed by atoms with E-state index >= 15 is 0 Å². The van der Waals surface area contributed by atoms with E-state index in [0.29, 0.717) is 28.9 Å². The van der Waals surface area contributed by atoms with Gasteiger partial charge in [-0.2, -0.15) is 0 Å². The number of amides is 1. The summed E-state index contributed by atoms with van der Waals surface area (Å²) in [6, 6.07) is 11.6. The van der Waals surface area contributed by atoms with Gasteiger partial charge in [-0.15, -0.1) is 11.3 Å². The van der Waals surface area contributed by atoms with Crippen LogP contribution in [0.3, 0.4) is 0 Å². The number of nitrogens with zero attached hydrogens (tertiary/aromatic N) is 3. The molecule has 3 aromatic heterocycles. The molecule has 0 saturated carbocycles. The number of nitrogen functional groups attached to an aromatic ring is 1. The fraction of sp³-hybridized carbons (Fsp3) is 0.227. The fourth-order valence-electron chi connectivity index (χ4n) is 3.48. The molecular formula is C22H23N5O2S. The highest BCUT2D eigenvalue weighted by atomic mass is 32.1. The zero-order chi connectivity index (χ0) is 21.3. The molecule has 4 aromatic rings. The van der Waals surface area contributed by atoms with Crippen molar-refractivity contribution in [2.45, 2.75) is 26.0 Å². The Labute approximate surface area is 178 Å². The van der Waals surface area contributed by atoms with E-state index in [-0.39, 0.29) is 11.7 Å². The molecule has 7 nitrogen and oxygen atoms in total. The molecule has 30 heavy (non-hydrogen) atoms. The molecule has 0 radical (unpaired) electrons. The first-order chi connectivity index (χ1) is 14.4. The van der Waals surface area contributed by atoms with E-state index in [4.69, 9.17) is 10.5 Å². The van der Waals surface area contributed by atoms with Crippen LogP contribution < -0.4 is 11.1 Å². The number of hydrogen-bond acceptors (Lipinski definition) is 6. The highest BCUT2D eigenvalue weighted by Gasteiger charge is 2.29. The normalized spacial score (nSPS) is 11.7. The van der Waals surface area contributed by atoms with E-state index in [1.165, 1.54) is 6.33 Å². The number of ether oxygens (including phenoxy) is 1. The standard InChI is InChI=1S/C22H23N5O2S/c1-22(2,17-5-4-10-30-17)27-11-16(18-19(23)24-13-25-20(18)27)21(28)26-15-8-6-14(7-9-15)12-29-3/h4-11,13H,12H2,1-3H3,(H,26,28)(H2,23,24,25). The number of aromatic nitrogens is 3. The van der Waals surface area contributed by atoms with E-state index in [0.717, 1.165) is 10.4 Å². The van der Waals surface area contributed by atoms with Crippen LogP contribution in [-0.2, 0) is 16.9 Å². The Bertz CT molecular complexity index is 1180. The molecule has 8 heteroatoms. The molecule has 1 amide bonds. The van der Waals surface area contributed by atoms with Crippen LogP contribution in [0.15, 0.2) is 54.3 Å². The maximum absolute atomic E-state index is 13.2. The van der Waals surface area contributed by atoms with E-state index in [1.54, 1.807) is 18.4 Å². The third-order valence-corrected chi connectivity index (χ3v) is 6.29. The Balaban J connectivity index is 1.75. The van der Waals surface area contributed by atoms with Crippen molar-refractivity contribution in [2.75, 3.05) is 18.2 Å². The minimum absolute atomic E-state index is 0.262. The summed E-state index contributed by atoms with van der Waals surface area (Å²) in [4.78, 5) is 22.9.